The topological polar surface area (TPSA) is 107 Å². The van der Waals surface area contributed by atoms with Crippen LogP contribution >= 0.6 is 22.6 Å². The molecule has 3 N–H and O–H groups in total. The molecule has 8 heteroatoms. The normalized spacial score (nSPS) is 30.8. The number of rotatable bonds is 3. The second-order valence-corrected chi connectivity index (χ2v) is 11.7. The number of phenolic OH excluding ortho intramolecular Hbond substituents is 2. The summed E-state index contributed by atoms with van der Waals surface area (Å²) < 4.78 is 0.448. The lowest BCUT2D eigenvalue weighted by Gasteiger charge is -2.57. The number of barbiturate groups is 1. The largest absolute Gasteiger partial charge is 0.507 e. The summed E-state index contributed by atoms with van der Waals surface area (Å²) in [6.07, 6.45) is 8.97. The lowest BCUT2D eigenvalue weighted by molar-refractivity contribution is -0.122. The third kappa shape index (κ3) is 3.73. The minimum Gasteiger partial charge on any atom is -0.507 e. The fourth-order valence-corrected chi connectivity index (χ4v) is 7.65. The molecule has 0 spiro atoms. The fraction of sp³-hybridized carbons (Fsp3) is 0.370. The number of nitrogens with zero attached hydrogens (tertiary/aromatic N) is 1. The Bertz CT molecular complexity index is 1260. The molecule has 4 aliphatic carbocycles. The summed E-state index contributed by atoms with van der Waals surface area (Å²) in [6.45, 7) is 0. The van der Waals surface area contributed by atoms with Gasteiger partial charge in [-0.1, -0.05) is 12.1 Å². The quantitative estimate of drug-likeness (QED) is 0.272. The van der Waals surface area contributed by atoms with Crippen LogP contribution in [0.25, 0.3) is 6.08 Å². The second kappa shape index (κ2) is 8.08. The zero-order valence-electron chi connectivity index (χ0n) is 19.0. The number of urea groups is 1. The molecule has 0 radical (unpaired) electrons. The fourth-order valence-electron chi connectivity index (χ4n) is 7.16. The molecule has 7 rings (SSSR count). The van der Waals surface area contributed by atoms with Gasteiger partial charge in [0.15, 0.2) is 0 Å². The number of benzene rings is 2. The molecule has 4 saturated carbocycles. The van der Waals surface area contributed by atoms with Crippen molar-refractivity contribution in [3.63, 3.8) is 0 Å². The summed E-state index contributed by atoms with van der Waals surface area (Å²) >= 11 is 1.88. The van der Waals surface area contributed by atoms with Gasteiger partial charge in [0.1, 0.15) is 17.1 Å². The third-order valence-electron chi connectivity index (χ3n) is 8.27. The average molecular weight is 584 g/mol. The number of phenols is 2. The molecule has 4 bridgehead atoms. The van der Waals surface area contributed by atoms with Gasteiger partial charge in [-0.3, -0.25) is 14.9 Å². The van der Waals surface area contributed by atoms with Gasteiger partial charge in [-0.2, -0.15) is 0 Å². The molecule has 2 aromatic carbocycles. The Morgan fingerprint density at radius 3 is 2.11 bits per heavy atom. The van der Waals surface area contributed by atoms with Crippen LogP contribution in [-0.4, -0.2) is 28.1 Å². The van der Waals surface area contributed by atoms with Crippen LogP contribution in [0, 0.1) is 21.3 Å². The monoisotopic (exact) mass is 584 g/mol. The van der Waals surface area contributed by atoms with E-state index in [1.54, 1.807) is 12.1 Å². The lowest BCUT2D eigenvalue weighted by Crippen LogP contribution is -2.54. The zero-order valence-corrected chi connectivity index (χ0v) is 21.1. The average Bonchev–Trinajstić information content (AvgIpc) is 2.79. The van der Waals surface area contributed by atoms with Gasteiger partial charge in [-0.15, -0.1) is 0 Å². The number of hydrogen-bond donors (Lipinski definition) is 3. The predicted octanol–water partition coefficient (Wildman–Crippen LogP) is 4.84. The van der Waals surface area contributed by atoms with Crippen LogP contribution in [-0.2, 0) is 15.0 Å². The molecule has 5 aliphatic rings. The molecule has 7 nitrogen and oxygen atoms in total. The van der Waals surface area contributed by atoms with E-state index < -0.39 is 17.8 Å². The molecule has 0 atom stereocenters. The van der Waals surface area contributed by atoms with Gasteiger partial charge in [0.05, 0.1) is 9.26 Å². The van der Waals surface area contributed by atoms with Crippen LogP contribution in [0.3, 0.4) is 0 Å². The Kier molecular flexibility index (Phi) is 5.21. The van der Waals surface area contributed by atoms with Crippen molar-refractivity contribution in [1.29, 1.82) is 0 Å². The van der Waals surface area contributed by atoms with E-state index in [0.29, 0.717) is 9.26 Å². The molecule has 180 valence electrons. The maximum atomic E-state index is 13.3. The van der Waals surface area contributed by atoms with Crippen LogP contribution in [0.2, 0.25) is 0 Å². The van der Waals surface area contributed by atoms with E-state index in [9.17, 15) is 24.6 Å². The number of imide groups is 2. The number of carbonyl (C=O) groups is 3. The van der Waals surface area contributed by atoms with E-state index >= 15 is 0 Å². The van der Waals surface area contributed by atoms with E-state index in [1.807, 2.05) is 34.7 Å². The molecule has 0 aromatic heterocycles. The first-order valence-electron chi connectivity index (χ1n) is 12.0. The number of nitrogens with one attached hydrogen (secondary N) is 1. The summed E-state index contributed by atoms with van der Waals surface area (Å²) in [5, 5.41) is 22.2. The van der Waals surface area contributed by atoms with Gasteiger partial charge in [0, 0.05) is 11.6 Å². The van der Waals surface area contributed by atoms with Gasteiger partial charge in [-0.05, 0) is 114 Å². The van der Waals surface area contributed by atoms with Gasteiger partial charge >= 0.3 is 6.03 Å². The molecule has 2 aromatic rings. The summed E-state index contributed by atoms with van der Waals surface area (Å²) in [5.41, 5.74) is 1.80. The molecule has 1 heterocycles. The summed E-state index contributed by atoms with van der Waals surface area (Å²) in [5.74, 6) is 0.461. The van der Waals surface area contributed by atoms with Crippen molar-refractivity contribution < 1.29 is 24.6 Å². The van der Waals surface area contributed by atoms with Crippen LogP contribution < -0.4 is 10.2 Å². The molecular formula is C27H25IN2O5. The van der Waals surface area contributed by atoms with Crippen molar-refractivity contribution in [1.82, 2.24) is 5.32 Å². The minimum atomic E-state index is -0.830. The maximum absolute atomic E-state index is 13.3. The number of hydrogen-bond acceptors (Lipinski definition) is 5. The predicted molar refractivity (Wildman–Crippen MR) is 138 cm³/mol. The van der Waals surface area contributed by atoms with Crippen LogP contribution in [0.5, 0.6) is 11.5 Å². The van der Waals surface area contributed by atoms with Crippen molar-refractivity contribution in [3.05, 3.63) is 56.7 Å². The SMILES string of the molecule is O=C1NC(=O)N(c2ccc(C34CC5CC(CC(C5)C3)C4)cc2)C(=O)/C1=C/c1cc(I)c(O)cc1O. The molecule has 1 saturated heterocycles. The molecule has 1 aliphatic heterocycles. The molecular weight excluding hydrogens is 559 g/mol. The third-order valence-corrected chi connectivity index (χ3v) is 9.14. The Balaban J connectivity index is 1.31. The van der Waals surface area contributed by atoms with E-state index in [4.69, 9.17) is 0 Å². The molecule has 4 amide bonds. The van der Waals surface area contributed by atoms with Crippen molar-refractivity contribution in [3.8, 4) is 11.5 Å². The van der Waals surface area contributed by atoms with Crippen molar-refractivity contribution >= 4 is 52.2 Å². The second-order valence-electron chi connectivity index (χ2n) is 10.6. The summed E-state index contributed by atoms with van der Waals surface area (Å²) in [7, 11) is 0. The highest BCUT2D eigenvalue weighted by molar-refractivity contribution is 14.1. The Morgan fingerprint density at radius 1 is 0.914 bits per heavy atom. The Hall–Kier alpha value is -2.88. The Labute approximate surface area is 216 Å². The highest BCUT2D eigenvalue weighted by Crippen LogP contribution is 2.60. The van der Waals surface area contributed by atoms with Gasteiger partial charge in [0.25, 0.3) is 11.8 Å². The van der Waals surface area contributed by atoms with E-state index in [0.717, 1.165) is 28.7 Å². The molecule has 5 fully saturated rings. The first-order valence-corrected chi connectivity index (χ1v) is 13.0. The number of carbonyl (C=O) groups excluding carboxylic acids is 3. The molecule has 35 heavy (non-hydrogen) atoms. The number of anilines is 1. The standard InChI is InChI=1S/C27H25IN2O5/c28-21-9-17(22(31)10-23(21)32)8-20-24(33)29-26(35)30(25(20)34)19-3-1-18(2-4-19)27-11-14-5-15(12-27)7-16(6-14)13-27/h1-4,8-10,14-16,31-32H,5-7,11-13H2,(H,29,33,35)/b20-8+. The minimum absolute atomic E-state index is 0.111. The summed E-state index contributed by atoms with van der Waals surface area (Å²) in [6, 6.07) is 9.46. The molecule has 0 unspecified atom stereocenters. The number of halogens is 1. The first-order chi connectivity index (χ1) is 16.7. The first kappa shape index (κ1) is 22.6. The van der Waals surface area contributed by atoms with Gasteiger partial charge in [0.2, 0.25) is 0 Å². The van der Waals surface area contributed by atoms with Crippen LogP contribution in [0.15, 0.2) is 42.0 Å². The highest BCUT2D eigenvalue weighted by Gasteiger charge is 2.51. The smallest absolute Gasteiger partial charge is 0.335 e. The van der Waals surface area contributed by atoms with Crippen LogP contribution in [0.4, 0.5) is 10.5 Å². The van der Waals surface area contributed by atoms with Gasteiger partial charge < -0.3 is 10.2 Å². The lowest BCUT2D eigenvalue weighted by atomic mass is 9.48. The highest BCUT2D eigenvalue weighted by atomic mass is 127. The zero-order chi connectivity index (χ0) is 24.5. The maximum Gasteiger partial charge on any atom is 0.335 e. The van der Waals surface area contributed by atoms with Crippen molar-refractivity contribution in [2.45, 2.75) is 43.9 Å². The van der Waals surface area contributed by atoms with E-state index in [-0.39, 0.29) is 28.1 Å². The van der Waals surface area contributed by atoms with Crippen LogP contribution in [0.1, 0.15) is 49.7 Å². The number of amides is 4. The Morgan fingerprint density at radius 2 is 1.51 bits per heavy atom. The van der Waals surface area contributed by atoms with E-state index in [1.165, 1.54) is 56.2 Å². The van der Waals surface area contributed by atoms with Crippen molar-refractivity contribution in [2.24, 2.45) is 17.8 Å². The summed E-state index contributed by atoms with van der Waals surface area (Å²) in [4.78, 5) is 39.4. The van der Waals surface area contributed by atoms with Gasteiger partial charge in [-0.25, -0.2) is 9.69 Å². The number of aromatic hydroxyl groups is 2. The van der Waals surface area contributed by atoms with E-state index in [2.05, 4.69) is 5.32 Å². The van der Waals surface area contributed by atoms with Crippen molar-refractivity contribution in [2.75, 3.05) is 4.90 Å².